The lowest BCUT2D eigenvalue weighted by Crippen LogP contribution is -2.49. The molecule has 0 saturated heterocycles. The van der Waals surface area contributed by atoms with E-state index in [-0.39, 0.29) is 17.7 Å². The summed E-state index contributed by atoms with van der Waals surface area (Å²) in [5.74, 6) is -1.17. The van der Waals surface area contributed by atoms with Crippen molar-refractivity contribution in [2.75, 3.05) is 0 Å². The van der Waals surface area contributed by atoms with Crippen LogP contribution >= 0.6 is 0 Å². The summed E-state index contributed by atoms with van der Waals surface area (Å²) in [4.78, 5) is 41.2. The Morgan fingerprint density at radius 1 is 1.00 bits per heavy atom. The van der Waals surface area contributed by atoms with Crippen molar-refractivity contribution in [3.8, 4) is 5.75 Å². The molecule has 1 amide bonds. The summed E-state index contributed by atoms with van der Waals surface area (Å²) in [5, 5.41) is 3.14. The molecule has 2 aromatic carbocycles. The standard InChI is InChI=1S/C26H27NO4/c1-2-25(22(28)17-11-5-3-6-12-17)21-19-15-9-10-16-20(19)31-24(30)26(21,25)23(29)27-18-13-7-4-8-14-18/h3,5-6,9-12,15-16,18,21H,2,4,7-8,13-14H2,1H3,(H,27,29). The van der Waals surface area contributed by atoms with Gasteiger partial charge in [0.15, 0.2) is 11.2 Å². The summed E-state index contributed by atoms with van der Waals surface area (Å²) in [6.07, 6.45) is 5.49. The van der Waals surface area contributed by atoms with Gasteiger partial charge in [-0.1, -0.05) is 74.7 Å². The van der Waals surface area contributed by atoms with E-state index < -0.39 is 22.7 Å². The van der Waals surface area contributed by atoms with Gasteiger partial charge in [-0.05, 0) is 25.3 Å². The molecule has 1 aliphatic heterocycles. The molecule has 2 fully saturated rings. The molecular formula is C26H27NO4. The van der Waals surface area contributed by atoms with E-state index in [0.29, 0.717) is 17.7 Å². The number of ether oxygens (including phenoxy) is 1. The van der Waals surface area contributed by atoms with E-state index >= 15 is 0 Å². The Kier molecular flexibility index (Phi) is 4.72. The predicted octanol–water partition coefficient (Wildman–Crippen LogP) is 4.42. The minimum Gasteiger partial charge on any atom is -0.425 e. The molecule has 0 aromatic heterocycles. The van der Waals surface area contributed by atoms with Crippen molar-refractivity contribution in [3.63, 3.8) is 0 Å². The average molecular weight is 418 g/mol. The SMILES string of the molecule is CCC1(C(=O)c2ccccc2)C2c3ccccc3OC(=O)C21C(=O)NC1CCCCC1. The summed E-state index contributed by atoms with van der Waals surface area (Å²) < 4.78 is 5.69. The monoisotopic (exact) mass is 417 g/mol. The number of carbonyl (C=O) groups excluding carboxylic acids is 3. The molecule has 0 radical (unpaired) electrons. The van der Waals surface area contributed by atoms with Crippen molar-refractivity contribution in [3.05, 3.63) is 65.7 Å². The molecule has 5 nitrogen and oxygen atoms in total. The third-order valence-corrected chi connectivity index (χ3v) is 7.60. The highest BCUT2D eigenvalue weighted by atomic mass is 16.5. The molecular weight excluding hydrogens is 390 g/mol. The number of hydrogen-bond acceptors (Lipinski definition) is 4. The van der Waals surface area contributed by atoms with Crippen LogP contribution in [0.1, 0.15) is 67.3 Å². The van der Waals surface area contributed by atoms with E-state index in [1.807, 2.05) is 37.3 Å². The highest BCUT2D eigenvalue weighted by Gasteiger charge is 2.89. The van der Waals surface area contributed by atoms with Gasteiger partial charge >= 0.3 is 5.97 Å². The van der Waals surface area contributed by atoms with Crippen molar-refractivity contribution in [1.29, 1.82) is 0 Å². The molecule has 3 aliphatic rings. The number of esters is 1. The number of rotatable bonds is 5. The van der Waals surface area contributed by atoms with Gasteiger partial charge in [0.1, 0.15) is 5.75 Å². The molecule has 5 rings (SSSR count). The average Bonchev–Trinajstić information content (AvgIpc) is 3.47. The second-order valence-electron chi connectivity index (χ2n) is 9.00. The number of ketones is 1. The predicted molar refractivity (Wildman–Crippen MR) is 116 cm³/mol. The van der Waals surface area contributed by atoms with Crippen LogP contribution in [0.15, 0.2) is 54.6 Å². The van der Waals surface area contributed by atoms with Crippen LogP contribution in [0.3, 0.4) is 0 Å². The Morgan fingerprint density at radius 3 is 2.39 bits per heavy atom. The summed E-state index contributed by atoms with van der Waals surface area (Å²) in [7, 11) is 0. The topological polar surface area (TPSA) is 72.5 Å². The highest BCUT2D eigenvalue weighted by molar-refractivity contribution is 6.21. The number of amides is 1. The molecule has 0 bridgehead atoms. The van der Waals surface area contributed by atoms with Crippen LogP contribution < -0.4 is 10.1 Å². The van der Waals surface area contributed by atoms with Crippen LogP contribution in [0.4, 0.5) is 0 Å². The second kappa shape index (κ2) is 7.33. The zero-order valence-corrected chi connectivity index (χ0v) is 17.7. The molecule has 0 spiro atoms. The molecule has 1 N–H and O–H groups in total. The summed E-state index contributed by atoms with van der Waals surface area (Å²) in [5.41, 5.74) is -1.36. The maximum atomic E-state index is 13.9. The van der Waals surface area contributed by atoms with Crippen molar-refractivity contribution >= 4 is 17.7 Å². The van der Waals surface area contributed by atoms with Crippen LogP contribution in [0, 0.1) is 10.8 Å². The largest absolute Gasteiger partial charge is 0.425 e. The van der Waals surface area contributed by atoms with Gasteiger partial charge in [-0.3, -0.25) is 14.4 Å². The molecule has 5 heteroatoms. The molecule has 2 aliphatic carbocycles. The van der Waals surface area contributed by atoms with Crippen molar-refractivity contribution in [2.24, 2.45) is 10.8 Å². The minimum absolute atomic E-state index is 0.0447. The maximum absolute atomic E-state index is 13.9. The van der Waals surface area contributed by atoms with E-state index in [9.17, 15) is 14.4 Å². The lowest BCUT2D eigenvalue weighted by atomic mass is 9.82. The number of nitrogens with one attached hydrogen (secondary N) is 1. The van der Waals surface area contributed by atoms with Gasteiger partial charge in [-0.2, -0.15) is 0 Å². The number of hydrogen-bond donors (Lipinski definition) is 1. The Balaban J connectivity index is 1.63. The fraction of sp³-hybridized carbons (Fsp3) is 0.423. The number of benzene rings is 2. The van der Waals surface area contributed by atoms with Crippen LogP contribution in [0.25, 0.3) is 0 Å². The number of carbonyl (C=O) groups is 3. The quantitative estimate of drug-likeness (QED) is 0.338. The Hall–Kier alpha value is -2.95. The van der Waals surface area contributed by atoms with Gasteiger partial charge in [0.05, 0.1) is 5.41 Å². The van der Waals surface area contributed by atoms with E-state index in [4.69, 9.17) is 4.74 Å². The van der Waals surface area contributed by atoms with E-state index in [1.54, 1.807) is 24.3 Å². The van der Waals surface area contributed by atoms with E-state index in [2.05, 4.69) is 5.32 Å². The summed E-state index contributed by atoms with van der Waals surface area (Å²) >= 11 is 0. The highest BCUT2D eigenvalue weighted by Crippen LogP contribution is 2.79. The maximum Gasteiger partial charge on any atom is 0.328 e. The normalized spacial score (nSPS) is 29.3. The molecule has 160 valence electrons. The van der Waals surface area contributed by atoms with Gasteiger partial charge in [0.2, 0.25) is 5.91 Å². The third-order valence-electron chi connectivity index (χ3n) is 7.60. The van der Waals surface area contributed by atoms with Gasteiger partial charge in [0.25, 0.3) is 0 Å². The number of Topliss-reactive ketones (excluding diaryl/α,β-unsaturated/α-hetero) is 1. The first-order chi connectivity index (χ1) is 15.1. The first kappa shape index (κ1) is 20.0. The van der Waals surface area contributed by atoms with E-state index in [0.717, 1.165) is 31.2 Å². The molecule has 31 heavy (non-hydrogen) atoms. The molecule has 3 unspecified atom stereocenters. The zero-order valence-electron chi connectivity index (χ0n) is 17.7. The second-order valence-corrected chi connectivity index (χ2v) is 9.00. The van der Waals surface area contributed by atoms with Crippen molar-refractivity contribution in [1.82, 2.24) is 5.32 Å². The molecule has 3 atom stereocenters. The van der Waals surface area contributed by atoms with Gasteiger partial charge in [-0.25, -0.2) is 0 Å². The third kappa shape index (κ3) is 2.65. The Bertz CT molecular complexity index is 1040. The smallest absolute Gasteiger partial charge is 0.328 e. The first-order valence-corrected chi connectivity index (χ1v) is 11.3. The fourth-order valence-corrected chi connectivity index (χ4v) is 6.10. The zero-order chi connectivity index (χ0) is 21.6. The Labute approximate surface area is 182 Å². The van der Waals surface area contributed by atoms with Crippen molar-refractivity contribution in [2.45, 2.75) is 57.4 Å². The van der Waals surface area contributed by atoms with Gasteiger partial charge < -0.3 is 10.1 Å². The molecule has 1 heterocycles. The van der Waals surface area contributed by atoms with Crippen LogP contribution in [-0.4, -0.2) is 23.7 Å². The van der Waals surface area contributed by atoms with Gasteiger partial charge in [0, 0.05) is 23.1 Å². The molecule has 2 saturated carbocycles. The number of fused-ring (bicyclic) bond motifs is 3. The number of para-hydroxylation sites is 1. The van der Waals surface area contributed by atoms with Gasteiger partial charge in [-0.15, -0.1) is 0 Å². The minimum atomic E-state index is -1.51. The van der Waals surface area contributed by atoms with Crippen LogP contribution in [-0.2, 0) is 9.59 Å². The fourth-order valence-electron chi connectivity index (χ4n) is 6.10. The lowest BCUT2D eigenvalue weighted by Gasteiger charge is -2.28. The van der Waals surface area contributed by atoms with Crippen molar-refractivity contribution < 1.29 is 19.1 Å². The lowest BCUT2D eigenvalue weighted by molar-refractivity contribution is -0.150. The van der Waals surface area contributed by atoms with Crippen LogP contribution in [0.2, 0.25) is 0 Å². The van der Waals surface area contributed by atoms with Crippen LogP contribution in [0.5, 0.6) is 5.75 Å². The summed E-state index contributed by atoms with van der Waals surface area (Å²) in [6, 6.07) is 16.3. The summed E-state index contributed by atoms with van der Waals surface area (Å²) in [6.45, 7) is 1.89. The van der Waals surface area contributed by atoms with E-state index in [1.165, 1.54) is 6.42 Å². The molecule has 2 aromatic rings. The first-order valence-electron chi connectivity index (χ1n) is 11.3. The Morgan fingerprint density at radius 2 is 1.68 bits per heavy atom.